The van der Waals surface area contributed by atoms with Gasteiger partial charge in [-0.15, -0.1) is 0 Å². The Morgan fingerprint density at radius 2 is 1.85 bits per heavy atom. The molecule has 0 fully saturated rings. The Labute approximate surface area is 122 Å². The van der Waals surface area contributed by atoms with E-state index in [1.54, 1.807) is 0 Å². The van der Waals surface area contributed by atoms with Crippen molar-refractivity contribution in [3.05, 3.63) is 35.4 Å². The molecule has 0 bridgehead atoms. The Morgan fingerprint density at radius 3 is 2.45 bits per heavy atom. The first-order chi connectivity index (χ1) is 9.30. The van der Waals surface area contributed by atoms with E-state index in [4.69, 9.17) is 0 Å². The molecule has 0 heterocycles. The molecule has 0 saturated carbocycles. The second kappa shape index (κ2) is 7.76. The minimum absolute atomic E-state index is 0.0130. The Hall–Kier alpha value is -0.910. The lowest BCUT2D eigenvalue weighted by molar-refractivity contribution is 0.192. The van der Waals surface area contributed by atoms with Gasteiger partial charge in [0.15, 0.2) is 9.84 Å². The van der Waals surface area contributed by atoms with Gasteiger partial charge in [-0.05, 0) is 30.5 Å². The molecule has 1 aromatic rings. The van der Waals surface area contributed by atoms with Gasteiger partial charge in [0.2, 0.25) is 0 Å². The molecule has 0 aliphatic carbocycles. The first-order valence-corrected chi connectivity index (χ1v) is 8.76. The zero-order valence-electron chi connectivity index (χ0n) is 12.5. The van der Waals surface area contributed by atoms with Crippen LogP contribution in [0.5, 0.6) is 0 Å². The number of benzene rings is 1. The highest BCUT2D eigenvalue weighted by atomic mass is 32.2. The van der Waals surface area contributed by atoms with E-state index in [1.165, 1.54) is 0 Å². The van der Waals surface area contributed by atoms with Crippen molar-refractivity contribution in [3.8, 4) is 0 Å². The number of hydrogen-bond donors (Lipinski definition) is 2. The van der Waals surface area contributed by atoms with E-state index in [0.717, 1.165) is 17.7 Å². The van der Waals surface area contributed by atoms with Gasteiger partial charge in [-0.2, -0.15) is 0 Å². The molecule has 5 heteroatoms. The van der Waals surface area contributed by atoms with Crippen molar-refractivity contribution in [1.82, 2.24) is 5.32 Å². The average Bonchev–Trinajstić information content (AvgIpc) is 2.30. The third-order valence-corrected chi connectivity index (χ3v) is 4.66. The molecule has 2 N–H and O–H groups in total. The molecule has 1 aromatic carbocycles. The van der Waals surface area contributed by atoms with Crippen LogP contribution in [0.1, 0.15) is 25.0 Å². The quantitative estimate of drug-likeness (QED) is 0.764. The maximum Gasteiger partial charge on any atom is 0.157 e. The molecule has 1 rings (SSSR count). The van der Waals surface area contributed by atoms with Crippen molar-refractivity contribution in [1.29, 1.82) is 0 Å². The van der Waals surface area contributed by atoms with Gasteiger partial charge in [0.1, 0.15) is 0 Å². The summed E-state index contributed by atoms with van der Waals surface area (Å²) in [5.41, 5.74) is 1.76. The maximum atomic E-state index is 12.1. The van der Waals surface area contributed by atoms with Crippen molar-refractivity contribution in [2.75, 3.05) is 18.8 Å². The minimum atomic E-state index is -3.30. The number of aliphatic hydroxyl groups is 1. The summed E-state index contributed by atoms with van der Waals surface area (Å²) in [4.78, 5) is 0. The van der Waals surface area contributed by atoms with Gasteiger partial charge in [-0.3, -0.25) is 0 Å². The van der Waals surface area contributed by atoms with Crippen molar-refractivity contribution in [3.63, 3.8) is 0 Å². The van der Waals surface area contributed by atoms with Crippen LogP contribution in [0.4, 0.5) is 0 Å². The van der Waals surface area contributed by atoms with Crippen LogP contribution in [-0.4, -0.2) is 38.5 Å². The Kier molecular flexibility index (Phi) is 6.65. The summed E-state index contributed by atoms with van der Waals surface area (Å²) in [6.07, 6.45) is -0.859. The van der Waals surface area contributed by atoms with E-state index < -0.39 is 15.9 Å². The Balaban J connectivity index is 2.51. The second-order valence-corrected chi connectivity index (χ2v) is 7.80. The molecule has 4 nitrogen and oxygen atoms in total. The molecule has 0 saturated heterocycles. The van der Waals surface area contributed by atoms with E-state index in [1.807, 2.05) is 31.2 Å². The van der Waals surface area contributed by atoms with Crippen LogP contribution >= 0.6 is 0 Å². The normalized spacial score (nSPS) is 13.7. The second-order valence-electron chi connectivity index (χ2n) is 5.69. The average molecular weight is 299 g/mol. The van der Waals surface area contributed by atoms with Crippen LogP contribution in [0, 0.1) is 12.8 Å². The topological polar surface area (TPSA) is 66.4 Å². The molecular weight excluding hydrogens is 274 g/mol. The van der Waals surface area contributed by atoms with Gasteiger partial charge in [-0.25, -0.2) is 8.42 Å². The maximum absolute atomic E-state index is 12.1. The molecule has 20 heavy (non-hydrogen) atoms. The van der Waals surface area contributed by atoms with Gasteiger partial charge < -0.3 is 10.4 Å². The van der Waals surface area contributed by atoms with E-state index >= 15 is 0 Å². The van der Waals surface area contributed by atoms with Crippen molar-refractivity contribution in [2.24, 2.45) is 5.92 Å². The van der Waals surface area contributed by atoms with E-state index in [9.17, 15) is 13.5 Å². The van der Waals surface area contributed by atoms with Crippen LogP contribution in [0.2, 0.25) is 0 Å². The predicted octanol–water partition coefficient (Wildman–Crippen LogP) is 1.52. The summed E-state index contributed by atoms with van der Waals surface area (Å²) in [5.74, 6) is 0.263. The summed E-state index contributed by atoms with van der Waals surface area (Å²) in [5, 5.41) is 12.9. The Bertz CT molecular complexity index is 512. The third kappa shape index (κ3) is 6.50. The van der Waals surface area contributed by atoms with Gasteiger partial charge in [0.05, 0.1) is 17.6 Å². The van der Waals surface area contributed by atoms with Gasteiger partial charge in [-0.1, -0.05) is 38.1 Å². The summed E-state index contributed by atoms with van der Waals surface area (Å²) < 4.78 is 24.1. The predicted molar refractivity (Wildman–Crippen MR) is 82.4 cm³/mol. The fourth-order valence-electron chi connectivity index (χ4n) is 1.96. The first kappa shape index (κ1) is 17.1. The fraction of sp³-hybridized carbons (Fsp3) is 0.600. The van der Waals surface area contributed by atoms with Gasteiger partial charge in [0, 0.05) is 6.54 Å². The minimum Gasteiger partial charge on any atom is -0.391 e. The standard InChI is InChI=1S/C15H25NO3S/c1-12(2)8-16-9-15(17)11-20(18,19)10-14-7-5-4-6-13(14)3/h4-7,12,15-17H,8-11H2,1-3H3. The lowest BCUT2D eigenvalue weighted by Gasteiger charge is -2.14. The molecule has 0 spiro atoms. The molecule has 0 radical (unpaired) electrons. The number of sulfone groups is 1. The zero-order valence-corrected chi connectivity index (χ0v) is 13.3. The summed E-state index contributed by atoms with van der Waals surface area (Å²) in [6, 6.07) is 7.43. The van der Waals surface area contributed by atoms with Crippen molar-refractivity contribution in [2.45, 2.75) is 32.6 Å². The first-order valence-electron chi connectivity index (χ1n) is 6.94. The smallest absolute Gasteiger partial charge is 0.157 e. The number of rotatable bonds is 8. The lowest BCUT2D eigenvalue weighted by Crippen LogP contribution is -2.34. The number of aryl methyl sites for hydroxylation is 1. The molecule has 0 aliphatic rings. The van der Waals surface area contributed by atoms with Crippen LogP contribution in [0.25, 0.3) is 0 Å². The van der Waals surface area contributed by atoms with Crippen LogP contribution < -0.4 is 5.32 Å². The van der Waals surface area contributed by atoms with Gasteiger partial charge >= 0.3 is 0 Å². The van der Waals surface area contributed by atoms with Crippen molar-refractivity contribution < 1.29 is 13.5 Å². The fourth-order valence-corrected chi connectivity index (χ4v) is 3.58. The van der Waals surface area contributed by atoms with Gasteiger partial charge in [0.25, 0.3) is 0 Å². The number of nitrogens with one attached hydrogen (secondary N) is 1. The van der Waals surface area contributed by atoms with Crippen LogP contribution in [-0.2, 0) is 15.6 Å². The highest BCUT2D eigenvalue weighted by Crippen LogP contribution is 2.12. The molecule has 0 amide bonds. The summed E-state index contributed by atoms with van der Waals surface area (Å²) in [7, 11) is -3.30. The molecular formula is C15H25NO3S. The SMILES string of the molecule is Cc1ccccc1CS(=O)(=O)CC(O)CNCC(C)C. The summed E-state index contributed by atoms with van der Waals surface area (Å²) in [6.45, 7) is 7.11. The highest BCUT2D eigenvalue weighted by Gasteiger charge is 2.18. The number of aliphatic hydroxyl groups excluding tert-OH is 1. The van der Waals surface area contributed by atoms with E-state index in [-0.39, 0.29) is 11.5 Å². The summed E-state index contributed by atoms with van der Waals surface area (Å²) >= 11 is 0. The number of hydrogen-bond acceptors (Lipinski definition) is 4. The van der Waals surface area contributed by atoms with Crippen LogP contribution in [0.15, 0.2) is 24.3 Å². The highest BCUT2D eigenvalue weighted by molar-refractivity contribution is 7.90. The van der Waals surface area contributed by atoms with Crippen LogP contribution in [0.3, 0.4) is 0 Å². The Morgan fingerprint density at radius 1 is 1.20 bits per heavy atom. The zero-order chi connectivity index (χ0) is 15.2. The van der Waals surface area contributed by atoms with Crippen molar-refractivity contribution >= 4 is 9.84 Å². The monoisotopic (exact) mass is 299 g/mol. The molecule has 1 atom stereocenters. The third-order valence-electron chi connectivity index (χ3n) is 3.02. The largest absolute Gasteiger partial charge is 0.391 e. The molecule has 114 valence electrons. The van der Waals surface area contributed by atoms with E-state index in [2.05, 4.69) is 19.2 Å². The molecule has 1 unspecified atom stereocenters. The lowest BCUT2D eigenvalue weighted by atomic mass is 10.1. The van der Waals surface area contributed by atoms with E-state index in [0.29, 0.717) is 12.5 Å². The molecule has 0 aliphatic heterocycles. The molecule has 0 aromatic heterocycles.